The molecular formula is C10H9LiS. The summed E-state index contributed by atoms with van der Waals surface area (Å²) < 4.78 is 2.88. The van der Waals surface area contributed by atoms with E-state index in [-0.39, 0.29) is 0 Å². The molecule has 2 heteroatoms. The summed E-state index contributed by atoms with van der Waals surface area (Å²) in [6, 6.07) is 8.37. The number of hydrogen-bond acceptors (Lipinski definition) is 1. The van der Waals surface area contributed by atoms with Crippen LogP contribution in [-0.2, 0) is 0 Å². The van der Waals surface area contributed by atoms with Crippen molar-refractivity contribution < 1.29 is 0 Å². The molecule has 0 nitrogen and oxygen atoms in total. The first-order chi connectivity index (χ1) is 5.86. The zero-order valence-corrected chi connectivity index (χ0v) is 8.24. The molecule has 1 rings (SSSR count). The number of rotatable bonds is 2. The summed E-state index contributed by atoms with van der Waals surface area (Å²) in [5.74, 6) is 4.14. The first-order valence-electron chi connectivity index (χ1n) is 4.02. The van der Waals surface area contributed by atoms with Gasteiger partial charge in [-0.1, -0.05) is 0 Å². The van der Waals surface area contributed by atoms with Crippen LogP contribution in [0.4, 0.5) is 0 Å². The molecule has 0 aromatic heterocycles. The first kappa shape index (κ1) is 9.81. The Labute approximate surface area is 87.3 Å². The molecule has 0 radical (unpaired) electrons. The van der Waals surface area contributed by atoms with Gasteiger partial charge in [0.05, 0.1) is 0 Å². The average molecular weight is 168 g/mol. The van der Waals surface area contributed by atoms with Gasteiger partial charge in [0.15, 0.2) is 0 Å². The van der Waals surface area contributed by atoms with Gasteiger partial charge >= 0.3 is 87.4 Å². The van der Waals surface area contributed by atoms with Crippen molar-refractivity contribution in [3.63, 3.8) is 0 Å². The molecule has 56 valence electrons. The Morgan fingerprint density at radius 2 is 2.00 bits per heavy atom. The van der Waals surface area contributed by atoms with Crippen LogP contribution in [0.15, 0.2) is 29.2 Å². The maximum absolute atomic E-state index is 3.02. The van der Waals surface area contributed by atoms with Crippen molar-refractivity contribution in [1.29, 1.82) is 0 Å². The van der Waals surface area contributed by atoms with E-state index in [0.29, 0.717) is 0 Å². The predicted molar refractivity (Wildman–Crippen MR) is 55.5 cm³/mol. The van der Waals surface area contributed by atoms with Crippen molar-refractivity contribution in [2.75, 3.05) is 5.75 Å². The van der Waals surface area contributed by atoms with Gasteiger partial charge in [0.2, 0.25) is 0 Å². The van der Waals surface area contributed by atoms with Gasteiger partial charge < -0.3 is 0 Å². The van der Waals surface area contributed by atoms with Gasteiger partial charge in [-0.05, 0) is 0 Å². The van der Waals surface area contributed by atoms with Gasteiger partial charge in [0.25, 0.3) is 0 Å². The van der Waals surface area contributed by atoms with Gasteiger partial charge in [0.1, 0.15) is 0 Å². The Balaban J connectivity index is 2.76. The normalized spacial score (nSPS) is 8.92. The Kier molecular flexibility index (Phi) is 4.40. The second kappa shape index (κ2) is 5.39. The van der Waals surface area contributed by atoms with Gasteiger partial charge in [-0.2, -0.15) is 0 Å². The molecule has 0 aliphatic rings. The van der Waals surface area contributed by atoms with E-state index in [4.69, 9.17) is 0 Å². The molecule has 0 saturated carbocycles. The van der Waals surface area contributed by atoms with Gasteiger partial charge in [-0.25, -0.2) is 0 Å². The maximum atomic E-state index is 3.02. The Hall–Kier alpha value is -0.273. The van der Waals surface area contributed by atoms with Gasteiger partial charge in [-0.3, -0.25) is 0 Å². The third kappa shape index (κ3) is 3.00. The molecule has 0 atom stereocenters. The Morgan fingerprint density at radius 3 is 2.50 bits per heavy atom. The van der Waals surface area contributed by atoms with Crippen LogP contribution in [0.1, 0.15) is 12.5 Å². The van der Waals surface area contributed by atoms with Crippen LogP contribution >= 0.6 is 11.8 Å². The van der Waals surface area contributed by atoms with Crippen LogP contribution in [0.3, 0.4) is 0 Å². The average Bonchev–Trinajstić information content (AvgIpc) is 2.09. The standard InChI is InChI=1S/C10H9S.Li/c1-3-9-5-7-10(8-6-9)11-4-2;/h5-8H,4H2,2H3;. The molecule has 0 fully saturated rings. The summed E-state index contributed by atoms with van der Waals surface area (Å²) in [4.78, 5) is 1.32. The Morgan fingerprint density at radius 1 is 1.33 bits per heavy atom. The van der Waals surface area contributed by atoms with E-state index >= 15 is 0 Å². The zero-order valence-electron chi connectivity index (χ0n) is 7.42. The molecule has 1 aromatic carbocycles. The molecule has 0 heterocycles. The van der Waals surface area contributed by atoms with Crippen molar-refractivity contribution in [3.8, 4) is 10.5 Å². The minimum absolute atomic E-state index is 1.10. The summed E-state index contributed by atoms with van der Waals surface area (Å²) in [6.45, 7) is 2.16. The number of thioether (sulfide) groups is 1. The summed E-state index contributed by atoms with van der Waals surface area (Å²) in [7, 11) is 0. The molecule has 0 aliphatic heterocycles. The fourth-order valence-corrected chi connectivity index (χ4v) is 1.61. The summed E-state index contributed by atoms with van der Waals surface area (Å²) >= 11 is 3.71. The molecule has 0 N–H and O–H groups in total. The first-order valence-corrected chi connectivity index (χ1v) is 5.01. The quantitative estimate of drug-likeness (QED) is 0.371. The third-order valence-electron chi connectivity index (χ3n) is 1.43. The summed E-state index contributed by atoms with van der Waals surface area (Å²) in [5.41, 5.74) is 1.10. The van der Waals surface area contributed by atoms with Crippen LogP contribution in [0.2, 0.25) is 0 Å². The second-order valence-electron chi connectivity index (χ2n) is 2.33. The molecule has 0 unspecified atom stereocenters. The van der Waals surface area contributed by atoms with E-state index in [0.717, 1.165) is 11.3 Å². The van der Waals surface area contributed by atoms with Gasteiger partial charge in [0, 0.05) is 0 Å². The fourth-order valence-electron chi connectivity index (χ4n) is 0.945. The Bertz CT molecular complexity index is 292. The molecule has 0 bridgehead atoms. The summed E-state index contributed by atoms with van der Waals surface area (Å²) in [6.07, 6.45) is 0. The summed E-state index contributed by atoms with van der Waals surface area (Å²) in [5, 5.41) is 0. The molecule has 0 spiro atoms. The second-order valence-corrected chi connectivity index (χ2v) is 3.67. The zero-order chi connectivity index (χ0) is 8.81. The van der Waals surface area contributed by atoms with Crippen molar-refractivity contribution in [2.24, 2.45) is 0 Å². The third-order valence-corrected chi connectivity index (χ3v) is 2.33. The van der Waals surface area contributed by atoms with Crippen molar-refractivity contribution in [3.05, 3.63) is 29.8 Å². The number of benzene rings is 1. The van der Waals surface area contributed by atoms with E-state index in [9.17, 15) is 0 Å². The van der Waals surface area contributed by atoms with Crippen molar-refractivity contribution in [2.45, 2.75) is 11.8 Å². The van der Waals surface area contributed by atoms with Crippen LogP contribution in [0.25, 0.3) is 0 Å². The monoisotopic (exact) mass is 168 g/mol. The SMILES string of the molecule is [Li][C]#Cc1ccc(SCC)cc1. The predicted octanol–water partition coefficient (Wildman–Crippen LogP) is 2.28. The van der Waals surface area contributed by atoms with Crippen LogP contribution in [-0.4, -0.2) is 23.5 Å². The van der Waals surface area contributed by atoms with Crippen molar-refractivity contribution in [1.82, 2.24) is 0 Å². The van der Waals surface area contributed by atoms with E-state index in [1.54, 1.807) is 0 Å². The molecule has 12 heavy (non-hydrogen) atoms. The van der Waals surface area contributed by atoms with Gasteiger partial charge in [-0.15, -0.1) is 0 Å². The number of hydrogen-bond donors (Lipinski definition) is 0. The van der Waals surface area contributed by atoms with E-state index in [1.165, 1.54) is 4.90 Å². The van der Waals surface area contributed by atoms with Crippen LogP contribution in [0.5, 0.6) is 0 Å². The van der Waals surface area contributed by atoms with Crippen LogP contribution < -0.4 is 0 Å². The van der Waals surface area contributed by atoms with Crippen molar-refractivity contribution >= 4 is 29.5 Å². The molecule has 0 aliphatic carbocycles. The molecule has 0 saturated heterocycles. The van der Waals surface area contributed by atoms with E-state index in [1.807, 2.05) is 29.5 Å². The minimum atomic E-state index is 1.10. The molecule has 0 amide bonds. The molecule has 1 aromatic rings. The fraction of sp³-hybridized carbons (Fsp3) is 0.200. The van der Waals surface area contributed by atoms with E-state index in [2.05, 4.69) is 41.7 Å². The molecular weight excluding hydrogens is 159 g/mol. The van der Waals surface area contributed by atoms with Crippen LogP contribution in [0, 0.1) is 10.5 Å². The van der Waals surface area contributed by atoms with E-state index < -0.39 is 0 Å². The topological polar surface area (TPSA) is 0 Å².